The molecule has 4 heteroatoms. The SMILES string of the molecule is CCC(CC)(OC)C(O)c1nccn1C. The lowest BCUT2D eigenvalue weighted by Gasteiger charge is -2.34. The van der Waals surface area contributed by atoms with Crippen LogP contribution in [0, 0.1) is 0 Å². The molecule has 86 valence electrons. The van der Waals surface area contributed by atoms with E-state index in [0.29, 0.717) is 5.82 Å². The molecule has 1 rings (SSSR count). The van der Waals surface area contributed by atoms with Crippen molar-refractivity contribution < 1.29 is 9.84 Å². The first-order valence-corrected chi connectivity index (χ1v) is 5.31. The molecular formula is C11H20N2O2. The summed E-state index contributed by atoms with van der Waals surface area (Å²) in [6.45, 7) is 4.03. The molecule has 0 bridgehead atoms. The highest BCUT2D eigenvalue weighted by Crippen LogP contribution is 2.33. The predicted octanol–water partition coefficient (Wildman–Crippen LogP) is 1.66. The zero-order valence-corrected chi connectivity index (χ0v) is 9.90. The first-order chi connectivity index (χ1) is 7.11. The number of ether oxygens (including phenoxy) is 1. The van der Waals surface area contributed by atoms with Crippen LogP contribution in [0.4, 0.5) is 0 Å². The van der Waals surface area contributed by atoms with Gasteiger partial charge in [-0.1, -0.05) is 13.8 Å². The summed E-state index contributed by atoms with van der Waals surface area (Å²) in [7, 11) is 3.51. The Hall–Kier alpha value is -0.870. The number of methoxy groups -OCH3 is 1. The van der Waals surface area contributed by atoms with Gasteiger partial charge in [0.15, 0.2) is 0 Å². The van der Waals surface area contributed by atoms with Gasteiger partial charge in [-0.25, -0.2) is 4.98 Å². The number of nitrogens with zero attached hydrogens (tertiary/aromatic N) is 2. The van der Waals surface area contributed by atoms with E-state index >= 15 is 0 Å². The molecule has 1 atom stereocenters. The molecule has 1 heterocycles. The Morgan fingerprint density at radius 3 is 2.47 bits per heavy atom. The van der Waals surface area contributed by atoms with Crippen LogP contribution in [0.3, 0.4) is 0 Å². The molecule has 0 aromatic carbocycles. The topological polar surface area (TPSA) is 47.3 Å². The summed E-state index contributed by atoms with van der Waals surface area (Å²) >= 11 is 0. The first-order valence-electron chi connectivity index (χ1n) is 5.31. The fourth-order valence-corrected chi connectivity index (χ4v) is 1.91. The minimum Gasteiger partial charge on any atom is -0.382 e. The van der Waals surface area contributed by atoms with Crippen LogP contribution in [-0.4, -0.2) is 27.4 Å². The van der Waals surface area contributed by atoms with Crippen molar-refractivity contribution in [2.75, 3.05) is 7.11 Å². The third kappa shape index (κ3) is 2.06. The Balaban J connectivity index is 3.00. The van der Waals surface area contributed by atoms with Gasteiger partial charge in [-0.3, -0.25) is 0 Å². The van der Waals surface area contributed by atoms with E-state index in [9.17, 15) is 5.11 Å². The van der Waals surface area contributed by atoms with E-state index in [-0.39, 0.29) is 0 Å². The third-order valence-electron chi connectivity index (χ3n) is 3.20. The summed E-state index contributed by atoms with van der Waals surface area (Å²) in [5, 5.41) is 10.3. The second-order valence-electron chi connectivity index (χ2n) is 3.77. The smallest absolute Gasteiger partial charge is 0.141 e. The monoisotopic (exact) mass is 212 g/mol. The van der Waals surface area contributed by atoms with Crippen LogP contribution in [0.1, 0.15) is 38.6 Å². The Morgan fingerprint density at radius 1 is 1.53 bits per heavy atom. The van der Waals surface area contributed by atoms with Crippen LogP contribution in [0.15, 0.2) is 12.4 Å². The number of imidazole rings is 1. The van der Waals surface area contributed by atoms with E-state index < -0.39 is 11.7 Å². The second-order valence-corrected chi connectivity index (χ2v) is 3.77. The van der Waals surface area contributed by atoms with Gasteiger partial charge < -0.3 is 14.4 Å². The molecule has 1 unspecified atom stereocenters. The Kier molecular flexibility index (Phi) is 3.88. The van der Waals surface area contributed by atoms with Gasteiger partial charge in [-0.2, -0.15) is 0 Å². The highest BCUT2D eigenvalue weighted by Gasteiger charge is 2.37. The quantitative estimate of drug-likeness (QED) is 0.807. The predicted molar refractivity (Wildman–Crippen MR) is 58.5 cm³/mol. The maximum absolute atomic E-state index is 10.3. The number of aliphatic hydroxyl groups excluding tert-OH is 1. The van der Waals surface area contributed by atoms with E-state index in [0.717, 1.165) is 12.8 Å². The molecule has 1 aromatic rings. The molecule has 0 aliphatic carbocycles. The molecule has 0 spiro atoms. The second kappa shape index (κ2) is 4.77. The molecule has 0 saturated carbocycles. The molecule has 0 saturated heterocycles. The molecule has 1 N–H and O–H groups in total. The van der Waals surface area contributed by atoms with Crippen molar-refractivity contribution in [3.05, 3.63) is 18.2 Å². The summed E-state index contributed by atoms with van der Waals surface area (Å²) in [4.78, 5) is 4.16. The van der Waals surface area contributed by atoms with Gasteiger partial charge >= 0.3 is 0 Å². The Bertz CT molecular complexity index is 297. The van der Waals surface area contributed by atoms with Crippen molar-refractivity contribution >= 4 is 0 Å². The van der Waals surface area contributed by atoms with Crippen LogP contribution in [-0.2, 0) is 11.8 Å². The van der Waals surface area contributed by atoms with Gasteiger partial charge in [0.25, 0.3) is 0 Å². The summed E-state index contributed by atoms with van der Waals surface area (Å²) in [6, 6.07) is 0. The van der Waals surface area contributed by atoms with Crippen LogP contribution in [0.25, 0.3) is 0 Å². The summed E-state index contributed by atoms with van der Waals surface area (Å²) in [5.74, 6) is 0.653. The van der Waals surface area contributed by atoms with Crippen LogP contribution < -0.4 is 0 Å². The maximum atomic E-state index is 10.3. The van der Waals surface area contributed by atoms with Crippen LogP contribution >= 0.6 is 0 Å². The zero-order chi connectivity index (χ0) is 11.5. The number of aryl methyl sites for hydroxylation is 1. The number of rotatable bonds is 5. The largest absolute Gasteiger partial charge is 0.382 e. The van der Waals surface area contributed by atoms with Crippen LogP contribution in [0.5, 0.6) is 0 Å². The fourth-order valence-electron chi connectivity index (χ4n) is 1.91. The highest BCUT2D eigenvalue weighted by molar-refractivity contribution is 5.03. The Morgan fingerprint density at radius 2 is 2.13 bits per heavy atom. The first kappa shape index (κ1) is 12.2. The van der Waals surface area contributed by atoms with Crippen molar-refractivity contribution in [2.45, 2.75) is 38.4 Å². The van der Waals surface area contributed by atoms with Crippen molar-refractivity contribution in [3.8, 4) is 0 Å². The average Bonchev–Trinajstić information content (AvgIpc) is 2.67. The molecule has 0 radical (unpaired) electrons. The number of hydrogen-bond donors (Lipinski definition) is 1. The summed E-state index contributed by atoms with van der Waals surface area (Å²) in [5.41, 5.74) is -0.529. The molecular weight excluding hydrogens is 192 g/mol. The van der Waals surface area contributed by atoms with E-state index in [1.807, 2.05) is 31.7 Å². The summed E-state index contributed by atoms with van der Waals surface area (Å²) in [6.07, 6.45) is 4.34. The van der Waals surface area contributed by atoms with Crippen molar-refractivity contribution in [1.82, 2.24) is 9.55 Å². The average molecular weight is 212 g/mol. The Labute approximate surface area is 90.9 Å². The highest BCUT2D eigenvalue weighted by atomic mass is 16.5. The molecule has 1 aromatic heterocycles. The van der Waals surface area contributed by atoms with E-state index in [1.54, 1.807) is 13.3 Å². The van der Waals surface area contributed by atoms with Gasteiger partial charge in [0, 0.05) is 26.6 Å². The van der Waals surface area contributed by atoms with Gasteiger partial charge in [0.1, 0.15) is 17.5 Å². The standard InChI is InChI=1S/C11H20N2O2/c1-5-11(6-2,15-4)9(14)10-12-7-8-13(10)3/h7-9,14H,5-6H2,1-4H3. The lowest BCUT2D eigenvalue weighted by molar-refractivity contribution is -0.113. The van der Waals surface area contributed by atoms with E-state index in [1.165, 1.54) is 0 Å². The van der Waals surface area contributed by atoms with Gasteiger partial charge in [-0.15, -0.1) is 0 Å². The normalized spacial score (nSPS) is 14.2. The zero-order valence-electron chi connectivity index (χ0n) is 9.90. The minimum atomic E-state index is -0.683. The van der Waals surface area contributed by atoms with Crippen LogP contribution in [0.2, 0.25) is 0 Å². The van der Waals surface area contributed by atoms with Crippen molar-refractivity contribution in [1.29, 1.82) is 0 Å². The lowest BCUT2D eigenvalue weighted by Crippen LogP contribution is -2.38. The van der Waals surface area contributed by atoms with E-state index in [4.69, 9.17) is 4.74 Å². The fraction of sp³-hybridized carbons (Fsp3) is 0.727. The van der Waals surface area contributed by atoms with Crippen molar-refractivity contribution in [3.63, 3.8) is 0 Å². The molecule has 0 aliphatic rings. The number of aromatic nitrogens is 2. The van der Waals surface area contributed by atoms with Gasteiger partial charge in [0.2, 0.25) is 0 Å². The van der Waals surface area contributed by atoms with E-state index in [2.05, 4.69) is 4.98 Å². The van der Waals surface area contributed by atoms with Gasteiger partial charge in [-0.05, 0) is 12.8 Å². The molecule has 4 nitrogen and oxygen atoms in total. The van der Waals surface area contributed by atoms with Crippen molar-refractivity contribution in [2.24, 2.45) is 7.05 Å². The number of aliphatic hydroxyl groups is 1. The molecule has 0 fully saturated rings. The van der Waals surface area contributed by atoms with Gasteiger partial charge in [0.05, 0.1) is 0 Å². The number of hydrogen-bond acceptors (Lipinski definition) is 3. The maximum Gasteiger partial charge on any atom is 0.141 e. The molecule has 0 aliphatic heterocycles. The summed E-state index contributed by atoms with van der Waals surface area (Å²) < 4.78 is 7.30. The molecule has 15 heavy (non-hydrogen) atoms. The third-order valence-corrected chi connectivity index (χ3v) is 3.20. The minimum absolute atomic E-state index is 0.529. The lowest BCUT2D eigenvalue weighted by atomic mass is 9.90. The molecule has 0 amide bonds.